The fourth-order valence-electron chi connectivity index (χ4n) is 4.41. The van der Waals surface area contributed by atoms with Crippen LogP contribution in [0.3, 0.4) is 0 Å². The second kappa shape index (κ2) is 8.81. The van der Waals surface area contributed by atoms with Gasteiger partial charge in [0.25, 0.3) is 0 Å². The van der Waals surface area contributed by atoms with Crippen LogP contribution in [-0.4, -0.2) is 18.3 Å². The molecular weight excluding hydrogens is 412 g/mol. The zero-order chi connectivity index (χ0) is 22.1. The van der Waals surface area contributed by atoms with E-state index in [1.165, 1.54) is 38.2 Å². The molecule has 0 unspecified atom stereocenters. The number of nitrogens with zero attached hydrogens (tertiary/aromatic N) is 2. The van der Waals surface area contributed by atoms with Crippen LogP contribution in [-0.2, 0) is 6.54 Å². The van der Waals surface area contributed by atoms with Crippen LogP contribution < -0.4 is 9.47 Å². The molecule has 0 amide bonds. The lowest BCUT2D eigenvalue weighted by molar-refractivity contribution is -0.669. The Balaban J connectivity index is 1.58. The van der Waals surface area contributed by atoms with Crippen molar-refractivity contribution in [3.8, 4) is 11.1 Å². The van der Waals surface area contributed by atoms with Crippen LogP contribution >= 0.6 is 11.8 Å². The predicted octanol–water partition coefficient (Wildman–Crippen LogP) is 6.03. The van der Waals surface area contributed by atoms with Crippen molar-refractivity contribution in [2.75, 3.05) is 18.1 Å². The first-order valence-electron chi connectivity index (χ1n) is 11.1. The summed E-state index contributed by atoms with van der Waals surface area (Å²) in [5.41, 5.74) is 7.25. The van der Waals surface area contributed by atoms with Crippen LogP contribution in [0.25, 0.3) is 28.1 Å². The Morgan fingerprint density at radius 3 is 2.56 bits per heavy atom. The number of hydrogen-bond acceptors (Lipinski definition) is 3. The number of benzene rings is 3. The van der Waals surface area contributed by atoms with E-state index in [0.29, 0.717) is 6.54 Å². The monoisotopic (exact) mass is 439 g/mol. The molecule has 0 bridgehead atoms. The molecule has 0 aliphatic carbocycles. The molecule has 3 aromatic carbocycles. The molecule has 1 aromatic heterocycles. The SMILES string of the molecule is CC[n+]1c(/C=C2\Sc3ccc(-c4ccccc4)cc3N2CCO)ccc2cc(C)ccc21. The quantitative estimate of drug-likeness (QED) is 0.385. The molecule has 0 saturated carbocycles. The molecule has 0 radical (unpaired) electrons. The van der Waals surface area contributed by atoms with Gasteiger partial charge in [-0.3, -0.25) is 0 Å². The fraction of sp³-hybridized carbons (Fsp3) is 0.179. The van der Waals surface area contributed by atoms with Crippen LogP contribution in [0.15, 0.2) is 88.8 Å². The minimum absolute atomic E-state index is 0.109. The van der Waals surface area contributed by atoms with E-state index in [1.54, 1.807) is 11.8 Å². The summed E-state index contributed by atoms with van der Waals surface area (Å²) < 4.78 is 2.36. The number of thioether (sulfide) groups is 1. The van der Waals surface area contributed by atoms with Gasteiger partial charge >= 0.3 is 0 Å². The zero-order valence-electron chi connectivity index (χ0n) is 18.5. The number of aliphatic hydroxyl groups excluding tert-OH is 1. The Labute approximate surface area is 193 Å². The first kappa shape index (κ1) is 20.8. The standard InChI is InChI=1S/C28H27N2OS/c1-3-29-24(12-10-23-17-20(2)9-13-25(23)29)19-28-30(15-16-31)26-18-22(11-14-27(26)32-28)21-7-5-4-6-8-21/h4-14,17-19,31H,3,15-16H2,1-2H3/q+1. The first-order chi connectivity index (χ1) is 15.7. The lowest BCUT2D eigenvalue weighted by Gasteiger charge is -2.19. The van der Waals surface area contributed by atoms with Crippen molar-refractivity contribution >= 4 is 34.4 Å². The van der Waals surface area contributed by atoms with Gasteiger partial charge in [-0.1, -0.05) is 59.8 Å². The second-order valence-electron chi connectivity index (χ2n) is 8.07. The molecule has 1 aliphatic heterocycles. The summed E-state index contributed by atoms with van der Waals surface area (Å²) in [6.45, 7) is 5.90. The number of pyridine rings is 1. The van der Waals surface area contributed by atoms with Gasteiger partial charge in [-0.25, -0.2) is 0 Å². The van der Waals surface area contributed by atoms with E-state index in [-0.39, 0.29) is 6.61 Å². The summed E-state index contributed by atoms with van der Waals surface area (Å²) in [4.78, 5) is 3.47. The molecule has 4 aromatic rings. The third kappa shape index (κ3) is 3.81. The van der Waals surface area contributed by atoms with Gasteiger partial charge in [-0.05, 0) is 49.2 Å². The van der Waals surface area contributed by atoms with Gasteiger partial charge in [0.05, 0.1) is 17.3 Å². The number of fused-ring (bicyclic) bond motifs is 2. The van der Waals surface area contributed by atoms with Crippen LogP contribution in [0.2, 0.25) is 0 Å². The van der Waals surface area contributed by atoms with E-state index in [0.717, 1.165) is 17.3 Å². The summed E-state index contributed by atoms with van der Waals surface area (Å²) in [7, 11) is 0. The number of aliphatic hydroxyl groups is 1. The van der Waals surface area contributed by atoms with E-state index in [1.807, 2.05) is 6.07 Å². The minimum atomic E-state index is 0.109. The molecule has 0 fully saturated rings. The van der Waals surface area contributed by atoms with Crippen LogP contribution in [0.5, 0.6) is 0 Å². The first-order valence-corrected chi connectivity index (χ1v) is 11.9. The van der Waals surface area contributed by atoms with E-state index in [2.05, 4.69) is 102 Å². The molecule has 5 rings (SSSR count). The summed E-state index contributed by atoms with van der Waals surface area (Å²) >= 11 is 1.77. The number of β-amino-alcohol motifs (C(OH)–C–C–N with tert-alkyl or cyclic N) is 1. The molecule has 0 spiro atoms. The van der Waals surface area contributed by atoms with Crippen LogP contribution in [0.1, 0.15) is 18.2 Å². The predicted molar refractivity (Wildman–Crippen MR) is 135 cm³/mol. The zero-order valence-corrected chi connectivity index (χ0v) is 19.3. The second-order valence-corrected chi connectivity index (χ2v) is 9.14. The highest BCUT2D eigenvalue weighted by atomic mass is 32.2. The van der Waals surface area contributed by atoms with Crippen molar-refractivity contribution in [1.82, 2.24) is 0 Å². The maximum atomic E-state index is 9.81. The third-order valence-corrected chi connectivity index (χ3v) is 7.08. The van der Waals surface area contributed by atoms with Crippen molar-refractivity contribution in [3.05, 3.63) is 95.1 Å². The average Bonchev–Trinajstić information content (AvgIpc) is 3.16. The van der Waals surface area contributed by atoms with Gasteiger partial charge in [-0.2, -0.15) is 4.57 Å². The molecule has 32 heavy (non-hydrogen) atoms. The Hall–Kier alpha value is -3.08. The fourth-order valence-corrected chi connectivity index (χ4v) is 5.53. The summed E-state index contributed by atoms with van der Waals surface area (Å²) in [6, 6.07) is 28.1. The van der Waals surface area contributed by atoms with Crippen molar-refractivity contribution in [2.24, 2.45) is 0 Å². The van der Waals surface area contributed by atoms with Gasteiger partial charge in [-0.15, -0.1) is 0 Å². The number of aryl methyl sites for hydroxylation is 2. The molecular formula is C28H27N2OS+. The maximum Gasteiger partial charge on any atom is 0.212 e. The largest absolute Gasteiger partial charge is 0.395 e. The molecule has 1 N–H and O–H groups in total. The molecule has 4 heteroatoms. The van der Waals surface area contributed by atoms with Crippen molar-refractivity contribution in [3.63, 3.8) is 0 Å². The van der Waals surface area contributed by atoms with E-state index in [9.17, 15) is 5.11 Å². The molecule has 3 nitrogen and oxygen atoms in total. The highest BCUT2D eigenvalue weighted by Gasteiger charge is 2.27. The lowest BCUT2D eigenvalue weighted by Crippen LogP contribution is -2.37. The molecule has 0 saturated heterocycles. The number of aromatic nitrogens is 1. The normalized spacial score (nSPS) is 14.3. The van der Waals surface area contributed by atoms with E-state index in [4.69, 9.17) is 0 Å². The minimum Gasteiger partial charge on any atom is -0.395 e. The number of rotatable bonds is 5. The average molecular weight is 440 g/mol. The Morgan fingerprint density at radius 2 is 1.78 bits per heavy atom. The molecule has 2 heterocycles. The topological polar surface area (TPSA) is 27.4 Å². The molecule has 0 atom stereocenters. The van der Waals surface area contributed by atoms with Gasteiger partial charge in [0.2, 0.25) is 11.2 Å². The van der Waals surface area contributed by atoms with Crippen molar-refractivity contribution < 1.29 is 9.67 Å². The molecule has 160 valence electrons. The summed E-state index contributed by atoms with van der Waals surface area (Å²) in [6.07, 6.45) is 2.26. The number of anilines is 1. The highest BCUT2D eigenvalue weighted by molar-refractivity contribution is 8.03. The van der Waals surface area contributed by atoms with Crippen LogP contribution in [0, 0.1) is 6.92 Å². The highest BCUT2D eigenvalue weighted by Crippen LogP contribution is 2.47. The van der Waals surface area contributed by atoms with Gasteiger partial charge in [0, 0.05) is 35.0 Å². The Bertz CT molecular complexity index is 1310. The van der Waals surface area contributed by atoms with Crippen LogP contribution in [0.4, 0.5) is 5.69 Å². The third-order valence-electron chi connectivity index (χ3n) is 5.97. The Kier molecular flexibility index (Phi) is 5.73. The van der Waals surface area contributed by atoms with E-state index >= 15 is 0 Å². The van der Waals surface area contributed by atoms with Crippen molar-refractivity contribution in [1.29, 1.82) is 0 Å². The molecule has 1 aliphatic rings. The summed E-state index contributed by atoms with van der Waals surface area (Å²) in [5.74, 6) is 0. The van der Waals surface area contributed by atoms with Crippen molar-refractivity contribution in [2.45, 2.75) is 25.3 Å². The lowest BCUT2D eigenvalue weighted by atomic mass is 10.0. The maximum absolute atomic E-state index is 9.81. The number of hydrogen-bond donors (Lipinski definition) is 1. The van der Waals surface area contributed by atoms with Gasteiger partial charge < -0.3 is 10.0 Å². The smallest absolute Gasteiger partial charge is 0.212 e. The Morgan fingerprint density at radius 1 is 0.938 bits per heavy atom. The van der Waals surface area contributed by atoms with Gasteiger partial charge in [0.15, 0.2) is 0 Å². The van der Waals surface area contributed by atoms with E-state index < -0.39 is 0 Å². The van der Waals surface area contributed by atoms with Gasteiger partial charge in [0.1, 0.15) is 6.54 Å². The summed E-state index contributed by atoms with van der Waals surface area (Å²) in [5, 5.41) is 12.2.